The molecule has 0 saturated carbocycles. The van der Waals surface area contributed by atoms with Gasteiger partial charge in [0.15, 0.2) is 0 Å². The summed E-state index contributed by atoms with van der Waals surface area (Å²) in [5, 5.41) is 0. The number of nitrogens with one attached hydrogen (secondary N) is 1. The molecule has 1 rings (SSSR count). The highest BCUT2D eigenvalue weighted by Gasteiger charge is 2.27. The summed E-state index contributed by atoms with van der Waals surface area (Å²) in [6.45, 7) is 9.50. The number of hydroxylamine groups is 1. The number of likely N-dealkylation sites (tertiary alicyclic amines) is 1. The Morgan fingerprint density at radius 1 is 1.38 bits per heavy atom. The minimum atomic E-state index is -0.0929. The Kier molecular flexibility index (Phi) is 3.33. The molecule has 78 valence electrons. The Hall–Kier alpha value is -0.120. The van der Waals surface area contributed by atoms with Crippen molar-refractivity contribution in [2.75, 3.05) is 13.6 Å². The maximum absolute atomic E-state index is 5.53. The molecule has 0 spiro atoms. The molecular weight excluding hydrogens is 164 g/mol. The van der Waals surface area contributed by atoms with E-state index in [4.69, 9.17) is 4.84 Å². The number of nitrogens with zero attached hydrogens (tertiary/aromatic N) is 1. The van der Waals surface area contributed by atoms with Crippen molar-refractivity contribution >= 4 is 0 Å². The van der Waals surface area contributed by atoms with Gasteiger partial charge in [0, 0.05) is 18.6 Å². The SMILES string of the molecule is CC1CC(NOC(C)(C)C)CN1C. The second-order valence-electron chi connectivity index (χ2n) is 5.05. The van der Waals surface area contributed by atoms with Gasteiger partial charge in [-0.25, -0.2) is 0 Å². The van der Waals surface area contributed by atoms with Crippen LogP contribution < -0.4 is 5.48 Å². The molecule has 0 aromatic rings. The Balaban J connectivity index is 2.25. The van der Waals surface area contributed by atoms with Crippen molar-refractivity contribution in [2.24, 2.45) is 0 Å². The minimum Gasteiger partial charge on any atom is -0.302 e. The number of hydrogen-bond donors (Lipinski definition) is 1. The van der Waals surface area contributed by atoms with Crippen LogP contribution in [-0.2, 0) is 4.84 Å². The van der Waals surface area contributed by atoms with Crippen molar-refractivity contribution in [2.45, 2.75) is 51.8 Å². The fourth-order valence-electron chi connectivity index (χ4n) is 1.54. The maximum atomic E-state index is 5.53. The van der Waals surface area contributed by atoms with E-state index >= 15 is 0 Å². The van der Waals surface area contributed by atoms with Crippen molar-refractivity contribution in [1.82, 2.24) is 10.4 Å². The highest BCUT2D eigenvalue weighted by Crippen LogP contribution is 2.16. The lowest BCUT2D eigenvalue weighted by atomic mass is 10.2. The van der Waals surface area contributed by atoms with E-state index in [1.165, 1.54) is 6.42 Å². The van der Waals surface area contributed by atoms with Crippen LogP contribution >= 0.6 is 0 Å². The van der Waals surface area contributed by atoms with Crippen LogP contribution in [0.15, 0.2) is 0 Å². The van der Waals surface area contributed by atoms with Gasteiger partial charge in [0.05, 0.1) is 5.60 Å². The molecule has 1 heterocycles. The summed E-state index contributed by atoms with van der Waals surface area (Å²) in [5.41, 5.74) is 3.05. The van der Waals surface area contributed by atoms with Gasteiger partial charge in [-0.05, 0) is 41.2 Å². The third kappa shape index (κ3) is 3.63. The number of rotatable bonds is 2. The summed E-state index contributed by atoms with van der Waals surface area (Å²) in [7, 11) is 2.16. The van der Waals surface area contributed by atoms with Gasteiger partial charge in [0.1, 0.15) is 0 Å². The smallest absolute Gasteiger partial charge is 0.0813 e. The molecule has 1 aliphatic rings. The summed E-state index contributed by atoms with van der Waals surface area (Å²) in [5.74, 6) is 0. The van der Waals surface area contributed by atoms with Crippen LogP contribution in [0.4, 0.5) is 0 Å². The van der Waals surface area contributed by atoms with Gasteiger partial charge < -0.3 is 4.90 Å². The lowest BCUT2D eigenvalue weighted by molar-refractivity contribution is -0.0865. The Labute approximate surface area is 81.4 Å². The largest absolute Gasteiger partial charge is 0.302 e. The van der Waals surface area contributed by atoms with Crippen LogP contribution in [0.3, 0.4) is 0 Å². The summed E-state index contributed by atoms with van der Waals surface area (Å²) in [4.78, 5) is 7.88. The average molecular weight is 186 g/mol. The van der Waals surface area contributed by atoms with Crippen LogP contribution in [0.2, 0.25) is 0 Å². The monoisotopic (exact) mass is 186 g/mol. The first kappa shape index (κ1) is 11.0. The van der Waals surface area contributed by atoms with Crippen molar-refractivity contribution in [3.05, 3.63) is 0 Å². The summed E-state index contributed by atoms with van der Waals surface area (Å²) in [6, 6.07) is 1.15. The Bertz CT molecular complexity index is 155. The minimum absolute atomic E-state index is 0.0929. The van der Waals surface area contributed by atoms with Crippen LogP contribution in [0.1, 0.15) is 34.1 Å². The molecule has 0 aliphatic carbocycles. The van der Waals surface area contributed by atoms with E-state index in [2.05, 4.69) is 45.1 Å². The van der Waals surface area contributed by atoms with Gasteiger partial charge in [-0.3, -0.25) is 4.84 Å². The lowest BCUT2D eigenvalue weighted by Gasteiger charge is -2.22. The molecule has 0 radical (unpaired) electrons. The van der Waals surface area contributed by atoms with E-state index in [0.717, 1.165) is 6.54 Å². The number of hydrogen-bond acceptors (Lipinski definition) is 3. The van der Waals surface area contributed by atoms with E-state index in [0.29, 0.717) is 12.1 Å². The molecular formula is C10H22N2O. The molecule has 2 unspecified atom stereocenters. The normalized spacial score (nSPS) is 31.2. The van der Waals surface area contributed by atoms with E-state index in [9.17, 15) is 0 Å². The van der Waals surface area contributed by atoms with Crippen molar-refractivity contribution < 1.29 is 4.84 Å². The molecule has 3 nitrogen and oxygen atoms in total. The molecule has 1 N–H and O–H groups in total. The molecule has 0 amide bonds. The summed E-state index contributed by atoms with van der Waals surface area (Å²) in [6.07, 6.45) is 1.17. The fourth-order valence-corrected chi connectivity index (χ4v) is 1.54. The first-order valence-corrected chi connectivity index (χ1v) is 5.02. The third-order valence-electron chi connectivity index (χ3n) is 2.42. The third-order valence-corrected chi connectivity index (χ3v) is 2.42. The van der Waals surface area contributed by atoms with Crippen molar-refractivity contribution in [3.63, 3.8) is 0 Å². The van der Waals surface area contributed by atoms with Crippen LogP contribution in [0, 0.1) is 0 Å². The predicted octanol–water partition coefficient (Wildman–Crippen LogP) is 1.40. The Morgan fingerprint density at radius 2 is 2.00 bits per heavy atom. The molecule has 0 aromatic carbocycles. The average Bonchev–Trinajstić information content (AvgIpc) is 2.27. The van der Waals surface area contributed by atoms with Gasteiger partial charge >= 0.3 is 0 Å². The quantitative estimate of drug-likeness (QED) is 0.660. The molecule has 13 heavy (non-hydrogen) atoms. The zero-order valence-corrected chi connectivity index (χ0v) is 9.42. The second kappa shape index (κ2) is 3.95. The van der Waals surface area contributed by atoms with E-state index < -0.39 is 0 Å². The maximum Gasteiger partial charge on any atom is 0.0813 e. The molecule has 1 saturated heterocycles. The van der Waals surface area contributed by atoms with Gasteiger partial charge in [0.2, 0.25) is 0 Å². The Morgan fingerprint density at radius 3 is 2.38 bits per heavy atom. The fraction of sp³-hybridized carbons (Fsp3) is 1.00. The van der Waals surface area contributed by atoms with Crippen LogP contribution in [0.5, 0.6) is 0 Å². The van der Waals surface area contributed by atoms with Gasteiger partial charge in [0.25, 0.3) is 0 Å². The first-order chi connectivity index (χ1) is 5.88. The molecule has 0 bridgehead atoms. The topological polar surface area (TPSA) is 24.5 Å². The van der Waals surface area contributed by atoms with Crippen molar-refractivity contribution in [1.29, 1.82) is 0 Å². The molecule has 1 fully saturated rings. The predicted molar refractivity (Wildman–Crippen MR) is 54.5 cm³/mol. The van der Waals surface area contributed by atoms with Crippen LogP contribution in [0.25, 0.3) is 0 Å². The van der Waals surface area contributed by atoms with Crippen molar-refractivity contribution in [3.8, 4) is 0 Å². The van der Waals surface area contributed by atoms with Crippen LogP contribution in [-0.4, -0.2) is 36.2 Å². The summed E-state index contributed by atoms with van der Waals surface area (Å²) >= 11 is 0. The van der Waals surface area contributed by atoms with E-state index in [1.807, 2.05) is 0 Å². The molecule has 1 aliphatic heterocycles. The highest BCUT2D eigenvalue weighted by atomic mass is 16.7. The van der Waals surface area contributed by atoms with Gasteiger partial charge in [-0.2, -0.15) is 5.48 Å². The standard InChI is InChI=1S/C10H22N2O/c1-8-6-9(7-12(8)5)11-13-10(2,3)4/h8-9,11H,6-7H2,1-5H3. The van der Waals surface area contributed by atoms with Gasteiger partial charge in [-0.1, -0.05) is 0 Å². The van der Waals surface area contributed by atoms with E-state index in [-0.39, 0.29) is 5.60 Å². The zero-order valence-electron chi connectivity index (χ0n) is 9.42. The first-order valence-electron chi connectivity index (χ1n) is 5.02. The lowest BCUT2D eigenvalue weighted by Crippen LogP contribution is -2.37. The molecule has 2 atom stereocenters. The highest BCUT2D eigenvalue weighted by molar-refractivity contribution is 4.83. The summed E-state index contributed by atoms with van der Waals surface area (Å²) < 4.78 is 0. The molecule has 0 aromatic heterocycles. The molecule has 3 heteroatoms. The zero-order chi connectivity index (χ0) is 10.1. The second-order valence-corrected chi connectivity index (χ2v) is 5.05. The number of likely N-dealkylation sites (N-methyl/N-ethyl adjacent to an activating group) is 1. The van der Waals surface area contributed by atoms with Gasteiger partial charge in [-0.15, -0.1) is 0 Å². The van der Waals surface area contributed by atoms with E-state index in [1.54, 1.807) is 0 Å².